The van der Waals surface area contributed by atoms with Crippen molar-refractivity contribution < 1.29 is 9.39 Å². The van der Waals surface area contributed by atoms with Gasteiger partial charge in [-0.1, -0.05) is 121 Å². The highest BCUT2D eigenvalue weighted by atomic mass is 16.5. The zero-order chi connectivity index (χ0) is 30.2. The molecular weight excluding hydrogens is 561 g/mol. The van der Waals surface area contributed by atoms with Crippen LogP contribution in [0.3, 0.4) is 0 Å². The van der Waals surface area contributed by atoms with Gasteiger partial charge < -0.3 is 14.0 Å². The van der Waals surface area contributed by atoms with Crippen molar-refractivity contribution in [3.8, 4) is 56.3 Å². The third-order valence-electron chi connectivity index (χ3n) is 9.50. The Hall–Kier alpha value is -6.00. The third kappa shape index (κ3) is 3.67. The van der Waals surface area contributed by atoms with E-state index in [1.165, 1.54) is 27.4 Å². The van der Waals surface area contributed by atoms with Gasteiger partial charge in [0.2, 0.25) is 0 Å². The second-order valence-corrected chi connectivity index (χ2v) is 12.0. The molecule has 0 fully saturated rings. The van der Waals surface area contributed by atoms with Gasteiger partial charge in [0.15, 0.2) is 0 Å². The molecule has 0 radical (unpaired) electrons. The molecule has 8 aromatic rings. The lowest BCUT2D eigenvalue weighted by Gasteiger charge is -2.33. The van der Waals surface area contributed by atoms with E-state index in [-0.39, 0.29) is 6.92 Å². The third-order valence-corrected chi connectivity index (χ3v) is 9.50. The van der Waals surface area contributed by atoms with Crippen molar-refractivity contribution in [1.82, 2.24) is 4.57 Å². The van der Waals surface area contributed by atoms with Gasteiger partial charge in [-0.15, -0.1) is 0 Å². The van der Waals surface area contributed by atoms with E-state index in [1.54, 1.807) is 0 Å². The van der Waals surface area contributed by atoms with Crippen molar-refractivity contribution in [2.75, 3.05) is 0 Å². The zero-order valence-electron chi connectivity index (χ0n) is 24.9. The maximum atomic E-state index is 6.87. The summed E-state index contributed by atoms with van der Waals surface area (Å²) in [5.74, 6) is 2.57. The molecule has 7 aromatic carbocycles. The normalized spacial score (nSPS) is 12.7. The number of ether oxygens (including phenoxy) is 1. The molecule has 4 heteroatoms. The van der Waals surface area contributed by atoms with Crippen LogP contribution in [0.25, 0.3) is 60.9 Å². The van der Waals surface area contributed by atoms with E-state index in [0.29, 0.717) is 0 Å². The largest absolute Gasteiger partial charge is 0.551 e. The van der Waals surface area contributed by atoms with Gasteiger partial charge in [-0.3, -0.25) is 0 Å². The first-order valence-corrected chi connectivity index (χ1v) is 15.7. The van der Waals surface area contributed by atoms with Gasteiger partial charge in [0, 0.05) is 32.8 Å². The lowest BCUT2D eigenvalue weighted by molar-refractivity contribution is 0.479. The molecule has 214 valence electrons. The molecule has 46 heavy (non-hydrogen) atoms. The van der Waals surface area contributed by atoms with E-state index >= 15 is 0 Å². The second kappa shape index (κ2) is 9.75. The Morgan fingerprint density at radius 1 is 0.435 bits per heavy atom. The van der Waals surface area contributed by atoms with Crippen LogP contribution in [0.15, 0.2) is 158 Å². The van der Waals surface area contributed by atoms with Gasteiger partial charge in [-0.05, 0) is 58.7 Å². The smallest absolute Gasteiger partial charge is 0.434 e. The molecule has 0 atom stereocenters. The van der Waals surface area contributed by atoms with E-state index in [4.69, 9.17) is 9.39 Å². The number of aromatic nitrogens is 1. The predicted molar refractivity (Wildman–Crippen MR) is 189 cm³/mol. The van der Waals surface area contributed by atoms with Gasteiger partial charge in [0.25, 0.3) is 0 Å². The Labute approximate surface area is 267 Å². The van der Waals surface area contributed by atoms with E-state index in [1.807, 2.05) is 6.07 Å². The predicted octanol–water partition coefficient (Wildman–Crippen LogP) is 9.39. The molecule has 10 rings (SSSR count). The average molecular weight is 587 g/mol. The highest BCUT2D eigenvalue weighted by molar-refractivity contribution is 6.84. The molecular formula is C42H26BNO2. The van der Waals surface area contributed by atoms with Crippen molar-refractivity contribution in [3.63, 3.8) is 0 Å². The van der Waals surface area contributed by atoms with Gasteiger partial charge >= 0.3 is 6.92 Å². The summed E-state index contributed by atoms with van der Waals surface area (Å²) < 4.78 is 15.9. The van der Waals surface area contributed by atoms with Crippen LogP contribution < -0.4 is 20.3 Å². The monoisotopic (exact) mass is 587 g/mol. The lowest BCUT2D eigenvalue weighted by Crippen LogP contribution is -2.53. The molecule has 0 N–H and O–H groups in total. The number of para-hydroxylation sites is 3. The molecule has 0 unspecified atom stereocenters. The second-order valence-electron chi connectivity index (χ2n) is 12.0. The van der Waals surface area contributed by atoms with E-state index in [0.717, 1.165) is 61.7 Å². The Balaban J connectivity index is 1.11. The highest BCUT2D eigenvalue weighted by Gasteiger charge is 2.40. The summed E-state index contributed by atoms with van der Waals surface area (Å²) in [4.78, 5) is 0. The van der Waals surface area contributed by atoms with Crippen LogP contribution in [0.5, 0.6) is 17.2 Å². The molecule has 0 saturated carbocycles. The number of hydrogen-bond acceptors (Lipinski definition) is 2. The van der Waals surface area contributed by atoms with Crippen LogP contribution >= 0.6 is 0 Å². The fraction of sp³-hybridized carbons (Fsp3) is 0. The van der Waals surface area contributed by atoms with Crippen LogP contribution in [0.2, 0.25) is 0 Å². The quantitative estimate of drug-likeness (QED) is 0.192. The summed E-state index contributed by atoms with van der Waals surface area (Å²) in [6, 6.07) is 55.8. The summed E-state index contributed by atoms with van der Waals surface area (Å²) in [6.07, 6.45) is 0. The number of benzene rings is 7. The zero-order valence-corrected chi connectivity index (χ0v) is 24.9. The van der Waals surface area contributed by atoms with Gasteiger partial charge in [-0.2, -0.15) is 0 Å². The van der Waals surface area contributed by atoms with E-state index in [2.05, 4.69) is 156 Å². The Bertz CT molecular complexity index is 2440. The molecule has 0 amide bonds. The molecule has 2 aliphatic rings. The number of fused-ring (bicyclic) bond motifs is 7. The van der Waals surface area contributed by atoms with Gasteiger partial charge in [-0.25, -0.2) is 0 Å². The molecule has 1 aromatic heterocycles. The van der Waals surface area contributed by atoms with Crippen LogP contribution in [0.4, 0.5) is 0 Å². The van der Waals surface area contributed by atoms with E-state index in [9.17, 15) is 0 Å². The molecule has 0 saturated heterocycles. The average Bonchev–Trinajstić information content (AvgIpc) is 3.46. The number of hydrogen-bond donors (Lipinski definition) is 0. The van der Waals surface area contributed by atoms with Crippen molar-refractivity contribution >= 4 is 39.6 Å². The molecule has 2 aliphatic heterocycles. The molecule has 0 spiro atoms. The summed E-state index contributed by atoms with van der Waals surface area (Å²) >= 11 is 0. The molecule has 3 nitrogen and oxygen atoms in total. The Kier molecular flexibility index (Phi) is 5.37. The molecule has 0 aliphatic carbocycles. The fourth-order valence-corrected chi connectivity index (χ4v) is 7.42. The van der Waals surface area contributed by atoms with Crippen molar-refractivity contribution in [3.05, 3.63) is 158 Å². The fourth-order valence-electron chi connectivity index (χ4n) is 7.42. The van der Waals surface area contributed by atoms with Crippen molar-refractivity contribution in [2.45, 2.75) is 0 Å². The summed E-state index contributed by atoms with van der Waals surface area (Å²) in [5.41, 5.74) is 12.5. The van der Waals surface area contributed by atoms with Crippen LogP contribution in [-0.2, 0) is 0 Å². The minimum Gasteiger partial charge on any atom is -0.551 e. The minimum atomic E-state index is -0.255. The molecule has 3 heterocycles. The minimum absolute atomic E-state index is 0.255. The topological polar surface area (TPSA) is 23.4 Å². The van der Waals surface area contributed by atoms with Crippen LogP contribution in [0, 0.1) is 0 Å². The first-order chi connectivity index (χ1) is 22.8. The van der Waals surface area contributed by atoms with Crippen molar-refractivity contribution in [2.24, 2.45) is 0 Å². The standard InChI is InChI=1S/C42H26BNO2/c1-2-11-27(12-3-1)28-21-23-33-34-16-10-20-39-42(34)43(46-40(33)25-28)35-24-22-29(26-41(35)45-39)30-13-4-7-17-36(30)44-37-18-8-5-14-31(37)32-15-6-9-19-38(32)44/h1-26H. The summed E-state index contributed by atoms with van der Waals surface area (Å²) in [6.45, 7) is -0.255. The maximum absolute atomic E-state index is 6.87. The Morgan fingerprint density at radius 3 is 1.93 bits per heavy atom. The highest BCUT2D eigenvalue weighted by Crippen LogP contribution is 2.42. The first-order valence-electron chi connectivity index (χ1n) is 15.7. The van der Waals surface area contributed by atoms with E-state index < -0.39 is 0 Å². The first kappa shape index (κ1) is 25.3. The number of rotatable bonds is 3. The maximum Gasteiger partial charge on any atom is 0.434 e. The van der Waals surface area contributed by atoms with Crippen LogP contribution in [-0.4, -0.2) is 11.5 Å². The molecule has 0 bridgehead atoms. The van der Waals surface area contributed by atoms with Gasteiger partial charge in [0.1, 0.15) is 17.2 Å². The number of nitrogens with zero attached hydrogens (tertiary/aromatic N) is 1. The van der Waals surface area contributed by atoms with Crippen molar-refractivity contribution in [1.29, 1.82) is 0 Å². The van der Waals surface area contributed by atoms with Gasteiger partial charge in [0.05, 0.1) is 16.7 Å². The summed E-state index contributed by atoms with van der Waals surface area (Å²) in [7, 11) is 0. The SMILES string of the molecule is c1ccc(-c2ccc3c(c2)OB2c4ccc(-c5ccccc5-n5c6ccccc6c6ccccc65)cc4Oc4cccc-3c42)cc1. The van der Waals surface area contributed by atoms with Crippen LogP contribution in [0.1, 0.15) is 0 Å². The lowest BCUT2D eigenvalue weighted by atomic mass is 9.51. The Morgan fingerprint density at radius 2 is 1.11 bits per heavy atom. The summed E-state index contributed by atoms with van der Waals surface area (Å²) in [5, 5.41) is 2.50.